The Morgan fingerprint density at radius 1 is 1.10 bits per heavy atom. The van der Waals surface area contributed by atoms with Gasteiger partial charge in [-0.3, -0.25) is 14.6 Å². The highest BCUT2D eigenvalue weighted by Gasteiger charge is 2.24. The van der Waals surface area contributed by atoms with Crippen molar-refractivity contribution in [1.82, 2.24) is 25.3 Å². The van der Waals surface area contributed by atoms with E-state index in [2.05, 4.69) is 63.7 Å². The van der Waals surface area contributed by atoms with E-state index in [1.54, 1.807) is 0 Å². The van der Waals surface area contributed by atoms with Crippen LogP contribution in [0.2, 0.25) is 0 Å². The van der Waals surface area contributed by atoms with E-state index < -0.39 is 0 Å². The number of benzene rings is 1. The summed E-state index contributed by atoms with van der Waals surface area (Å²) < 4.78 is 1.95. The maximum absolute atomic E-state index is 4.42. The highest BCUT2D eigenvalue weighted by atomic mass is 127. The molecule has 1 aliphatic rings. The van der Waals surface area contributed by atoms with Crippen LogP contribution in [0.15, 0.2) is 47.7 Å². The first kappa shape index (κ1) is 23.7. The van der Waals surface area contributed by atoms with Gasteiger partial charge in [0.05, 0.1) is 6.54 Å². The number of aliphatic imine (C=N–C) groups is 1. The highest BCUT2D eigenvalue weighted by Crippen LogP contribution is 2.17. The third-order valence-electron chi connectivity index (χ3n) is 5.54. The lowest BCUT2D eigenvalue weighted by Gasteiger charge is -2.31. The molecule has 29 heavy (non-hydrogen) atoms. The molecule has 1 aliphatic heterocycles. The molecule has 1 atom stereocenters. The van der Waals surface area contributed by atoms with Crippen LogP contribution >= 0.6 is 24.0 Å². The van der Waals surface area contributed by atoms with Crippen LogP contribution in [0.3, 0.4) is 0 Å². The molecule has 1 saturated heterocycles. The summed E-state index contributed by atoms with van der Waals surface area (Å²) in [5.41, 5.74) is 2.53. The first-order valence-corrected chi connectivity index (χ1v) is 10.4. The molecule has 0 radical (unpaired) electrons. The topological polar surface area (TPSA) is 57.5 Å². The molecular formula is C22H35IN6. The minimum absolute atomic E-state index is 0. The summed E-state index contributed by atoms with van der Waals surface area (Å²) in [6.45, 7) is 9.51. The Morgan fingerprint density at radius 3 is 2.45 bits per heavy atom. The lowest BCUT2D eigenvalue weighted by molar-refractivity contribution is 0.192. The lowest BCUT2D eigenvalue weighted by atomic mass is 10.0. The summed E-state index contributed by atoms with van der Waals surface area (Å²) in [7, 11) is 1.84. The van der Waals surface area contributed by atoms with E-state index in [-0.39, 0.29) is 24.0 Å². The number of hydrogen-bond acceptors (Lipinski definition) is 3. The average molecular weight is 510 g/mol. The number of hydrogen-bond donors (Lipinski definition) is 2. The minimum Gasteiger partial charge on any atom is -0.355 e. The summed E-state index contributed by atoms with van der Waals surface area (Å²) >= 11 is 0. The molecule has 0 amide bonds. The number of nitrogens with one attached hydrogen (secondary N) is 2. The van der Waals surface area contributed by atoms with E-state index >= 15 is 0 Å². The van der Waals surface area contributed by atoms with Crippen molar-refractivity contribution in [3.63, 3.8) is 0 Å². The number of guanidine groups is 1. The van der Waals surface area contributed by atoms with Gasteiger partial charge in [0, 0.05) is 38.6 Å². The molecular weight excluding hydrogens is 475 g/mol. The Labute approximate surface area is 192 Å². The Hall–Kier alpha value is -1.61. The zero-order valence-corrected chi connectivity index (χ0v) is 20.2. The second-order valence-corrected chi connectivity index (χ2v) is 7.83. The van der Waals surface area contributed by atoms with Gasteiger partial charge < -0.3 is 10.6 Å². The van der Waals surface area contributed by atoms with E-state index in [0.29, 0.717) is 12.0 Å². The largest absolute Gasteiger partial charge is 0.355 e. The SMILES string of the molecule is CN=C(NCc1ccccc1Cn1cccn1)NCC(C(C)C)N1CCCC1.I. The zero-order chi connectivity index (χ0) is 19.8. The van der Waals surface area contributed by atoms with E-state index in [0.717, 1.165) is 25.6 Å². The van der Waals surface area contributed by atoms with Crippen molar-refractivity contribution in [2.75, 3.05) is 26.7 Å². The molecule has 6 nitrogen and oxygen atoms in total. The summed E-state index contributed by atoms with van der Waals surface area (Å²) in [5, 5.41) is 11.3. The smallest absolute Gasteiger partial charge is 0.191 e. The van der Waals surface area contributed by atoms with E-state index in [4.69, 9.17) is 0 Å². The van der Waals surface area contributed by atoms with Crippen molar-refractivity contribution in [2.45, 2.75) is 45.8 Å². The van der Waals surface area contributed by atoms with Gasteiger partial charge in [0.2, 0.25) is 0 Å². The van der Waals surface area contributed by atoms with Crippen molar-refractivity contribution in [3.8, 4) is 0 Å². The molecule has 0 aliphatic carbocycles. The molecule has 7 heteroatoms. The number of rotatable bonds is 8. The Bertz CT molecular complexity index is 738. The molecule has 1 aromatic carbocycles. The van der Waals surface area contributed by atoms with Gasteiger partial charge in [0.1, 0.15) is 0 Å². The fourth-order valence-corrected chi connectivity index (χ4v) is 3.91. The molecule has 1 aromatic heterocycles. The Balaban J connectivity index is 0.00000300. The van der Waals surface area contributed by atoms with Crippen LogP contribution in [-0.2, 0) is 13.1 Å². The normalized spacial score (nSPS) is 15.9. The van der Waals surface area contributed by atoms with Gasteiger partial charge in [-0.1, -0.05) is 38.1 Å². The quantitative estimate of drug-likeness (QED) is 0.325. The van der Waals surface area contributed by atoms with E-state index in [9.17, 15) is 0 Å². The third kappa shape index (κ3) is 6.99. The summed E-state index contributed by atoms with van der Waals surface area (Å²) in [4.78, 5) is 7.04. The van der Waals surface area contributed by atoms with Crippen LogP contribution in [0.5, 0.6) is 0 Å². The summed E-state index contributed by atoms with van der Waals surface area (Å²) in [5.74, 6) is 1.48. The van der Waals surface area contributed by atoms with Crippen LogP contribution in [0.1, 0.15) is 37.8 Å². The van der Waals surface area contributed by atoms with Gasteiger partial charge >= 0.3 is 0 Å². The van der Waals surface area contributed by atoms with Gasteiger partial charge in [0.15, 0.2) is 5.96 Å². The van der Waals surface area contributed by atoms with E-state index in [1.807, 2.05) is 30.2 Å². The van der Waals surface area contributed by atoms with Crippen molar-refractivity contribution >= 4 is 29.9 Å². The molecule has 1 fully saturated rings. The Kier molecular flexibility index (Phi) is 9.93. The summed E-state index contributed by atoms with van der Waals surface area (Å²) in [6.07, 6.45) is 6.46. The lowest BCUT2D eigenvalue weighted by Crippen LogP contribution is -2.48. The predicted octanol–water partition coefficient (Wildman–Crippen LogP) is 3.33. The highest BCUT2D eigenvalue weighted by molar-refractivity contribution is 14.0. The number of likely N-dealkylation sites (tertiary alicyclic amines) is 1. The molecule has 3 rings (SSSR count). The maximum Gasteiger partial charge on any atom is 0.191 e. The number of nitrogens with zero attached hydrogens (tertiary/aromatic N) is 4. The third-order valence-corrected chi connectivity index (χ3v) is 5.54. The molecule has 2 N–H and O–H groups in total. The second kappa shape index (κ2) is 12.2. The van der Waals surface area contributed by atoms with Gasteiger partial charge in [0.25, 0.3) is 0 Å². The molecule has 0 bridgehead atoms. The molecule has 0 spiro atoms. The first-order valence-electron chi connectivity index (χ1n) is 10.4. The van der Waals surface area contributed by atoms with Crippen molar-refractivity contribution in [1.29, 1.82) is 0 Å². The van der Waals surface area contributed by atoms with Crippen molar-refractivity contribution in [2.24, 2.45) is 10.9 Å². The second-order valence-electron chi connectivity index (χ2n) is 7.83. The molecule has 2 heterocycles. The first-order chi connectivity index (χ1) is 13.7. The van der Waals surface area contributed by atoms with Gasteiger partial charge in [-0.05, 0) is 49.0 Å². The van der Waals surface area contributed by atoms with Crippen molar-refractivity contribution in [3.05, 3.63) is 53.9 Å². The summed E-state index contributed by atoms with van der Waals surface area (Å²) in [6, 6.07) is 11.0. The van der Waals surface area contributed by atoms with Crippen LogP contribution < -0.4 is 10.6 Å². The van der Waals surface area contributed by atoms with Crippen LogP contribution in [-0.4, -0.2) is 53.4 Å². The number of halogens is 1. The van der Waals surface area contributed by atoms with Crippen LogP contribution in [0.25, 0.3) is 0 Å². The van der Waals surface area contributed by atoms with Gasteiger partial charge in [-0.15, -0.1) is 24.0 Å². The molecule has 1 unspecified atom stereocenters. The molecule has 2 aromatic rings. The zero-order valence-electron chi connectivity index (χ0n) is 17.8. The molecule has 0 saturated carbocycles. The van der Waals surface area contributed by atoms with Crippen molar-refractivity contribution < 1.29 is 0 Å². The number of aromatic nitrogens is 2. The Morgan fingerprint density at radius 2 is 1.83 bits per heavy atom. The van der Waals surface area contributed by atoms with Gasteiger partial charge in [-0.2, -0.15) is 5.10 Å². The molecule has 160 valence electrons. The standard InChI is InChI=1S/C22H34N6.HI/c1-18(2)21(27-12-6-7-13-27)16-25-22(23-3)24-15-19-9-4-5-10-20(19)17-28-14-8-11-26-28;/h4-5,8-11,14,18,21H,6-7,12-13,15-17H2,1-3H3,(H2,23,24,25);1H. The fraction of sp³-hybridized carbons (Fsp3) is 0.545. The average Bonchev–Trinajstić information content (AvgIpc) is 3.39. The fourth-order valence-electron chi connectivity index (χ4n) is 3.91. The van der Waals surface area contributed by atoms with Crippen LogP contribution in [0, 0.1) is 5.92 Å². The van der Waals surface area contributed by atoms with Gasteiger partial charge in [-0.25, -0.2) is 0 Å². The van der Waals surface area contributed by atoms with Crippen LogP contribution in [0.4, 0.5) is 0 Å². The predicted molar refractivity (Wildman–Crippen MR) is 131 cm³/mol. The monoisotopic (exact) mass is 510 g/mol. The minimum atomic E-state index is 0. The van der Waals surface area contributed by atoms with E-state index in [1.165, 1.54) is 37.1 Å². The maximum atomic E-state index is 4.42.